The normalized spacial score (nSPS) is 30.2. The zero-order chi connectivity index (χ0) is 72.9. The number of aromatic nitrogens is 10. The van der Waals surface area contributed by atoms with Gasteiger partial charge in [0.2, 0.25) is 0 Å². The number of nitrogens with one attached hydrogen (secondary N) is 5. The average Bonchev–Trinajstić information content (AvgIpc) is 1.65. The summed E-state index contributed by atoms with van der Waals surface area (Å²) >= 11 is 11.1. The van der Waals surface area contributed by atoms with Crippen molar-refractivity contribution in [2.45, 2.75) is 173 Å². The maximum absolute atomic E-state index is 12.0. The highest BCUT2D eigenvalue weighted by atomic mass is 33.1. The van der Waals surface area contributed by atoms with Crippen LogP contribution in [-0.2, 0) is 23.7 Å². The number of thiol groups is 2. The smallest absolute Gasteiger partial charge is 0.330 e. The number of ether oxygens (including phenoxy) is 5. The molecule has 35 nitrogen and oxygen atoms in total. The van der Waals surface area contributed by atoms with E-state index in [4.69, 9.17) is 39.0 Å². The van der Waals surface area contributed by atoms with E-state index in [0.29, 0.717) is 27.8 Å². The van der Waals surface area contributed by atoms with E-state index in [1.807, 2.05) is 13.8 Å². The first-order valence-corrected chi connectivity index (χ1v) is 37.3. The molecule has 5 fully saturated rings. The molecule has 15 N–H and O–H groups in total. The number of aromatic amines is 5. The van der Waals surface area contributed by atoms with E-state index in [1.165, 1.54) is 83.6 Å². The van der Waals surface area contributed by atoms with Crippen LogP contribution < -0.4 is 56.2 Å². The molecule has 42 heteroatoms. The molecular formula is C56H82N10O25S7. The summed E-state index contributed by atoms with van der Waals surface area (Å²) in [5.74, 6) is 1.64. The summed E-state index contributed by atoms with van der Waals surface area (Å²) in [6.07, 6.45) is -2.45. The van der Waals surface area contributed by atoms with Crippen LogP contribution in [0.4, 0.5) is 0 Å². The van der Waals surface area contributed by atoms with E-state index >= 15 is 0 Å². The number of hydrogen-bond acceptors (Lipinski definition) is 32. The Kier molecular flexibility index (Phi) is 31.4. The lowest BCUT2D eigenvalue weighted by molar-refractivity contribution is -0.0457. The van der Waals surface area contributed by atoms with Crippen LogP contribution in [-0.4, -0.2) is 237 Å². The van der Waals surface area contributed by atoms with Crippen LogP contribution in [0.1, 0.15) is 79.2 Å². The molecule has 0 aliphatic carbocycles. The fourth-order valence-electron chi connectivity index (χ4n) is 10.4. The van der Waals surface area contributed by atoms with Gasteiger partial charge >= 0.3 is 28.4 Å². The summed E-state index contributed by atoms with van der Waals surface area (Å²) in [5.41, 5.74) is -3.43. The van der Waals surface area contributed by atoms with Gasteiger partial charge in [0.05, 0.1) is 89.8 Å². The molecule has 5 aliphatic rings. The van der Waals surface area contributed by atoms with E-state index < -0.39 is 164 Å². The van der Waals surface area contributed by atoms with Gasteiger partial charge in [0.25, 0.3) is 27.8 Å². The van der Waals surface area contributed by atoms with Crippen LogP contribution in [0, 0.1) is 34.6 Å². The van der Waals surface area contributed by atoms with E-state index in [9.17, 15) is 83.7 Å². The molecule has 10 heterocycles. The Balaban J connectivity index is 0.000000194. The van der Waals surface area contributed by atoms with Crippen molar-refractivity contribution in [3.05, 3.63) is 163 Å². The first-order valence-electron chi connectivity index (χ1n) is 30.2. The Bertz CT molecular complexity index is 3880. The standard InChI is InChI=1S/C13H20N2O5S.C12H18N2O5S2.C11H16N2O5S.C10H14N2O5S2.C10H14N2O5S/c1-3-4-21-10-9(17)8(6-16)20-12(10)15-5-7(2)11(18)14-13(15)19;1-3-20-21-9-8(16)7(5-15)19-11(9)14-4-6(2)10(17)13-12(14)18;1-5-3-13(11(17)12-9(5)16)10-8(19-2)7(15)6(4-14)18-10;1-4-2-12(10(16)11-8(4)15)9-7(19-18)6(14)5(3-13)17-9;1-4-2-12(10(16)11-8(4)15)9-7(18)6(14)5(3-13)17-9/h5,8-10,12,16-17H,3-4,6H2,1-2H3,(H,14,18,19);4,7-9,11,15-16H,3,5H2,1-2H3,(H,13,17,18);3,6-8,10,14-15H,4H2,1-2H3,(H,12,16,17);2,5-7,9,13-14,18H,3H2,1H3,(H,11,15,16);2,5-7,9,13-14,18H,3H2,1H3,(H,11,15,16)/t8-,9+,10?,12-;7-,8+,9?,11-;6-,7+,8?,10-;2*5-,6+,7?,9-/m11111/s1. The maximum Gasteiger partial charge on any atom is 0.330 e. The third-order valence-electron chi connectivity index (χ3n) is 15.8. The molecular weight excluding hydrogens is 1440 g/mol. The van der Waals surface area contributed by atoms with Crippen molar-refractivity contribution in [2.75, 3.05) is 50.8 Å². The quantitative estimate of drug-likeness (QED) is 0.0292. The highest BCUT2D eigenvalue weighted by Crippen LogP contribution is 2.43. The van der Waals surface area contributed by atoms with Crippen molar-refractivity contribution in [1.82, 2.24) is 47.8 Å². The molecule has 0 radical (unpaired) electrons. The zero-order valence-electron chi connectivity index (χ0n) is 53.9. The van der Waals surface area contributed by atoms with Crippen LogP contribution in [0.5, 0.6) is 0 Å². The lowest BCUT2D eigenvalue weighted by atomic mass is 10.2. The van der Waals surface area contributed by atoms with E-state index in [0.717, 1.165) is 33.3 Å². The SMILES string of the molecule is CCCSC1[C@@H](O)[C@@H](CO)O[C@H]1n1cc(C)c(=O)[nH]c1=O.CCSSC1[C@@H](O)[C@@H](CO)O[C@H]1n1cc(C)c(=O)[nH]c1=O.CSC1[C@@H](O)[C@@H](CO)O[C@H]1n1cc(C)c(=O)[nH]c1=O.Cc1cn([C@@H]2O[C@H](CO)[C@H](O)C2S)c(=O)[nH]c1=O.Cc1cn([C@@H]2O[C@H](CO)[C@H](O)C2SS)c(=O)[nH]c1=O. The molecule has 98 heavy (non-hydrogen) atoms. The van der Waals surface area contributed by atoms with Gasteiger partial charge in [0, 0.05) is 64.6 Å². The minimum atomic E-state index is -0.984. The minimum absolute atomic E-state index is 0.321. The first-order chi connectivity index (χ1) is 46.4. The van der Waals surface area contributed by atoms with Crippen LogP contribution >= 0.6 is 80.2 Å². The molecule has 10 rings (SSSR count). The Labute approximate surface area is 586 Å². The van der Waals surface area contributed by atoms with Crippen molar-refractivity contribution < 1.29 is 74.7 Å². The molecule has 548 valence electrons. The predicted molar refractivity (Wildman–Crippen MR) is 372 cm³/mol. The number of nitrogens with zero attached hydrogens (tertiary/aromatic N) is 5. The number of aliphatic hydroxyl groups excluding tert-OH is 10. The number of aryl methyl sites for hydroxylation is 5. The van der Waals surface area contributed by atoms with E-state index in [-0.39, 0.29) is 43.5 Å². The second-order valence-electron chi connectivity index (χ2n) is 22.6. The number of aliphatic hydroxyl groups is 10. The van der Waals surface area contributed by atoms with Crippen molar-refractivity contribution in [1.29, 1.82) is 0 Å². The van der Waals surface area contributed by atoms with Gasteiger partial charge in [-0.05, 0) is 53.0 Å². The van der Waals surface area contributed by atoms with Crippen LogP contribution in [0.2, 0.25) is 0 Å². The van der Waals surface area contributed by atoms with Gasteiger partial charge in [0.1, 0.15) is 30.5 Å². The number of rotatable bonds is 18. The van der Waals surface area contributed by atoms with Crippen molar-refractivity contribution in [3.8, 4) is 0 Å². The summed E-state index contributed by atoms with van der Waals surface area (Å²) < 4.78 is 33.7. The van der Waals surface area contributed by atoms with Gasteiger partial charge in [-0.3, -0.25) is 71.7 Å². The molecule has 0 saturated carbocycles. The highest BCUT2D eigenvalue weighted by Gasteiger charge is 2.49. The van der Waals surface area contributed by atoms with Crippen molar-refractivity contribution in [2.24, 2.45) is 0 Å². The topological polar surface area (TPSA) is 523 Å². The van der Waals surface area contributed by atoms with Gasteiger partial charge in [-0.25, -0.2) is 24.0 Å². The number of H-pyrrole nitrogens is 5. The minimum Gasteiger partial charge on any atom is -0.394 e. The average molecular weight is 1520 g/mol. The molecule has 0 spiro atoms. The highest BCUT2D eigenvalue weighted by molar-refractivity contribution is 8.77. The molecule has 5 aromatic heterocycles. The largest absolute Gasteiger partial charge is 0.394 e. The van der Waals surface area contributed by atoms with E-state index in [2.05, 4.69) is 49.2 Å². The monoisotopic (exact) mass is 1520 g/mol. The maximum atomic E-state index is 12.0. The zero-order valence-corrected chi connectivity index (χ0v) is 59.7. The lowest BCUT2D eigenvalue weighted by Crippen LogP contribution is -2.37. The molecule has 0 amide bonds. The fraction of sp³-hybridized carbons (Fsp3) is 0.643. The third-order valence-corrected chi connectivity index (χ3v) is 23.3. The van der Waals surface area contributed by atoms with E-state index in [1.54, 1.807) is 51.7 Å². The Hall–Kier alpha value is -4.75. The second-order valence-corrected chi connectivity index (χ2v) is 29.8. The summed E-state index contributed by atoms with van der Waals surface area (Å²) in [7, 11) is 3.99. The van der Waals surface area contributed by atoms with Crippen molar-refractivity contribution in [3.63, 3.8) is 0 Å². The number of thioether (sulfide) groups is 2. The molecule has 5 saturated heterocycles. The summed E-state index contributed by atoms with van der Waals surface area (Å²) in [6, 6.07) is 0. The van der Waals surface area contributed by atoms with Crippen LogP contribution in [0.25, 0.3) is 0 Å². The summed E-state index contributed by atoms with van der Waals surface area (Å²) in [6.45, 7) is 10.2. The predicted octanol–water partition coefficient (Wildman–Crippen LogP) is -4.26. The van der Waals surface area contributed by atoms with Crippen LogP contribution in [0.3, 0.4) is 0 Å². The van der Waals surface area contributed by atoms with Gasteiger partial charge in [-0.1, -0.05) is 46.2 Å². The summed E-state index contributed by atoms with van der Waals surface area (Å²) in [5, 5.41) is 93.6. The molecule has 5 unspecified atom stereocenters. The van der Waals surface area contributed by atoms with Gasteiger partial charge in [-0.15, -0.1) is 11.7 Å². The molecule has 5 aromatic rings. The van der Waals surface area contributed by atoms with Crippen LogP contribution in [0.15, 0.2) is 78.9 Å². The Morgan fingerprint density at radius 2 is 0.684 bits per heavy atom. The first kappa shape index (κ1) is 82.2. The second kappa shape index (κ2) is 37.4. The van der Waals surface area contributed by atoms with Crippen molar-refractivity contribution >= 4 is 80.2 Å². The molecule has 20 atom stereocenters. The number of hydrogen-bond donors (Lipinski definition) is 17. The Morgan fingerprint density at radius 3 is 0.980 bits per heavy atom. The molecule has 0 bridgehead atoms. The van der Waals surface area contributed by atoms with Gasteiger partial charge in [0.15, 0.2) is 31.1 Å². The fourth-order valence-corrected chi connectivity index (χ4v) is 16.6. The third kappa shape index (κ3) is 19.1. The summed E-state index contributed by atoms with van der Waals surface area (Å²) in [4.78, 5) is 127. The van der Waals surface area contributed by atoms with Gasteiger partial charge in [-0.2, -0.15) is 36.2 Å². The lowest BCUT2D eigenvalue weighted by Gasteiger charge is -2.21. The Morgan fingerprint density at radius 1 is 0.418 bits per heavy atom. The van der Waals surface area contributed by atoms with Gasteiger partial charge < -0.3 is 74.7 Å². The molecule has 5 aliphatic heterocycles. The molecule has 0 aromatic carbocycles.